The Balaban J connectivity index is 0.000000273. The second-order valence-electron chi connectivity index (χ2n) is 4.94. The Bertz CT molecular complexity index is 955. The van der Waals surface area contributed by atoms with Gasteiger partial charge in [-0.05, 0) is 12.1 Å². The van der Waals surface area contributed by atoms with E-state index in [9.17, 15) is 22.1 Å². The number of aromatic hydroxyl groups is 1. The zero-order valence-electron chi connectivity index (χ0n) is 13.4. The van der Waals surface area contributed by atoms with Crippen molar-refractivity contribution in [3.63, 3.8) is 0 Å². The number of nitrogen functional groups attached to an aromatic ring is 1. The van der Waals surface area contributed by atoms with Crippen LogP contribution in [0.5, 0.6) is 5.75 Å². The summed E-state index contributed by atoms with van der Waals surface area (Å²) in [5, 5.41) is 11.7. The molecule has 10 nitrogen and oxygen atoms in total. The van der Waals surface area contributed by atoms with Gasteiger partial charge in [0.1, 0.15) is 4.90 Å². The van der Waals surface area contributed by atoms with Gasteiger partial charge in [-0.2, -0.15) is 8.42 Å². The van der Waals surface area contributed by atoms with Gasteiger partial charge in [-0.15, -0.1) is 0 Å². The number of amides is 1. The Kier molecular flexibility index (Phi) is 7.01. The van der Waals surface area contributed by atoms with E-state index in [1.807, 2.05) is 0 Å². The van der Waals surface area contributed by atoms with Crippen LogP contribution in [-0.2, 0) is 18.7 Å². The van der Waals surface area contributed by atoms with Crippen LogP contribution in [0.15, 0.2) is 47.4 Å². The van der Waals surface area contributed by atoms with Crippen molar-refractivity contribution >= 4 is 45.9 Å². The molecule has 2 aromatic carbocycles. The van der Waals surface area contributed by atoms with Crippen LogP contribution in [0.2, 0.25) is 0 Å². The fourth-order valence-electron chi connectivity index (χ4n) is 1.77. The first-order valence-electron chi connectivity index (χ1n) is 6.81. The minimum atomic E-state index is -5.09. The van der Waals surface area contributed by atoms with Crippen LogP contribution in [0.3, 0.4) is 0 Å². The standard InChI is InChI=1S/C8H10AsNO5.C6H7NO3S/c1-5(11)10-6-2-3-7(8(12)4-6)9(13,14)15;7-5-3-1-2-4-6(5)11(8,9)10/h2-4,12H,1H3,(H,10,11)(H2,13,14,15);1-4H,7H2,(H,8,9,10). The predicted octanol–water partition coefficient (Wildman–Crippen LogP) is -0.573. The first-order chi connectivity index (χ1) is 11.8. The van der Waals surface area contributed by atoms with Gasteiger partial charge in [-0.1, -0.05) is 12.1 Å². The average Bonchev–Trinajstić information content (AvgIpc) is 2.45. The molecule has 1 amide bonds. The van der Waals surface area contributed by atoms with E-state index in [0.29, 0.717) is 0 Å². The Hall–Kier alpha value is -2.30. The summed E-state index contributed by atoms with van der Waals surface area (Å²) in [6.07, 6.45) is 0. The van der Waals surface area contributed by atoms with E-state index in [1.54, 1.807) is 6.07 Å². The molecule has 0 radical (unpaired) electrons. The number of carbonyl (C=O) groups is 1. The van der Waals surface area contributed by atoms with Crippen LogP contribution in [0.1, 0.15) is 6.92 Å². The molecule has 0 atom stereocenters. The molecule has 26 heavy (non-hydrogen) atoms. The van der Waals surface area contributed by atoms with E-state index in [-0.39, 0.29) is 22.2 Å². The van der Waals surface area contributed by atoms with Gasteiger partial charge >= 0.3 is 88.1 Å². The summed E-state index contributed by atoms with van der Waals surface area (Å²) in [5.74, 6) is -0.850. The first-order valence-corrected chi connectivity index (χ1v) is 11.6. The predicted molar refractivity (Wildman–Crippen MR) is 93.6 cm³/mol. The number of benzene rings is 2. The maximum Gasteiger partial charge on any atom is 0.296 e. The topological polar surface area (TPSA) is 187 Å². The van der Waals surface area contributed by atoms with Crippen LogP contribution >= 0.6 is 0 Å². The zero-order chi connectivity index (χ0) is 20.1. The minimum Gasteiger partial charge on any atom is -0.398 e. The molecule has 0 saturated carbocycles. The molecule has 0 heterocycles. The van der Waals surface area contributed by atoms with E-state index < -0.39 is 34.4 Å². The number of hydrogen-bond donors (Lipinski definition) is 6. The van der Waals surface area contributed by atoms with Crippen molar-refractivity contribution in [1.82, 2.24) is 0 Å². The van der Waals surface area contributed by atoms with Crippen molar-refractivity contribution in [2.75, 3.05) is 11.1 Å². The number of phenols is 1. The molecular formula is C14H17AsN2O8S. The van der Waals surface area contributed by atoms with Gasteiger partial charge in [0, 0.05) is 0 Å². The summed E-state index contributed by atoms with van der Waals surface area (Å²) in [5.41, 5.74) is 5.60. The smallest absolute Gasteiger partial charge is 0.296 e. The zero-order valence-corrected chi connectivity index (χ0v) is 16.1. The van der Waals surface area contributed by atoms with Crippen LogP contribution in [-0.4, -0.2) is 46.3 Å². The van der Waals surface area contributed by atoms with Gasteiger partial charge in [0.2, 0.25) is 0 Å². The number of nitrogens with one attached hydrogen (secondary N) is 1. The number of hydrogen-bond acceptors (Lipinski definition) is 6. The number of carbonyl (C=O) groups excluding carboxylic acids is 1. The average molecular weight is 448 g/mol. The van der Waals surface area contributed by atoms with Gasteiger partial charge < -0.3 is 5.73 Å². The van der Waals surface area contributed by atoms with E-state index in [0.717, 1.165) is 12.1 Å². The van der Waals surface area contributed by atoms with Crippen molar-refractivity contribution in [2.24, 2.45) is 0 Å². The summed E-state index contributed by atoms with van der Waals surface area (Å²) in [4.78, 5) is 10.4. The van der Waals surface area contributed by atoms with Crippen molar-refractivity contribution in [1.29, 1.82) is 0 Å². The van der Waals surface area contributed by atoms with Gasteiger partial charge in [0.25, 0.3) is 10.1 Å². The molecule has 0 bridgehead atoms. The molecule has 2 aromatic rings. The monoisotopic (exact) mass is 448 g/mol. The van der Waals surface area contributed by atoms with Crippen LogP contribution in [0.4, 0.5) is 11.4 Å². The Morgan fingerprint density at radius 3 is 2.12 bits per heavy atom. The summed E-state index contributed by atoms with van der Waals surface area (Å²) in [7, 11) is -4.16. The van der Waals surface area contributed by atoms with E-state index in [1.165, 1.54) is 31.2 Å². The van der Waals surface area contributed by atoms with Gasteiger partial charge in [0.05, 0.1) is 5.69 Å². The molecule has 2 rings (SSSR count). The normalized spacial score (nSPS) is 11.2. The molecule has 0 unspecified atom stereocenters. The number of nitrogens with two attached hydrogens (primary N) is 1. The van der Waals surface area contributed by atoms with Crippen LogP contribution < -0.4 is 15.4 Å². The van der Waals surface area contributed by atoms with Crippen molar-refractivity contribution in [3.05, 3.63) is 42.5 Å². The molecule has 7 N–H and O–H groups in total. The van der Waals surface area contributed by atoms with Gasteiger partial charge in [-0.3, -0.25) is 4.55 Å². The molecular weight excluding hydrogens is 431 g/mol. The third kappa shape index (κ3) is 6.54. The number of anilines is 2. The second-order valence-corrected chi connectivity index (χ2v) is 9.63. The fourth-order valence-corrected chi connectivity index (χ4v) is 3.71. The van der Waals surface area contributed by atoms with E-state index >= 15 is 0 Å². The van der Waals surface area contributed by atoms with E-state index in [4.69, 9.17) is 18.5 Å². The molecule has 0 saturated heterocycles. The van der Waals surface area contributed by atoms with Crippen LogP contribution in [0, 0.1) is 0 Å². The molecule has 0 spiro atoms. The molecule has 12 heteroatoms. The molecule has 142 valence electrons. The largest absolute Gasteiger partial charge is 0.398 e. The Labute approximate surface area is 152 Å². The fraction of sp³-hybridized carbons (Fsp3) is 0.0714. The summed E-state index contributed by atoms with van der Waals surface area (Å²) >= 11 is -5.09. The molecule has 0 aliphatic carbocycles. The van der Waals surface area contributed by atoms with Crippen molar-refractivity contribution in [2.45, 2.75) is 11.8 Å². The van der Waals surface area contributed by atoms with E-state index in [2.05, 4.69) is 5.32 Å². The number of para-hydroxylation sites is 1. The number of rotatable bonds is 3. The summed E-state index contributed by atoms with van der Waals surface area (Å²) in [6.45, 7) is 1.29. The quantitative estimate of drug-likeness (QED) is 0.203. The molecule has 0 fully saturated rings. The number of phenolic OH excluding ortho intramolecular Hbond substituents is 1. The third-order valence-corrected chi connectivity index (χ3v) is 5.84. The molecule has 0 aliphatic heterocycles. The van der Waals surface area contributed by atoms with Gasteiger partial charge in [-0.25, -0.2) is 0 Å². The first kappa shape index (κ1) is 21.7. The maximum atomic E-state index is 10.9. The molecule has 0 aromatic heterocycles. The molecule has 0 aliphatic rings. The van der Waals surface area contributed by atoms with Gasteiger partial charge in [0.15, 0.2) is 0 Å². The maximum absolute atomic E-state index is 10.9. The van der Waals surface area contributed by atoms with Crippen LogP contribution in [0.25, 0.3) is 0 Å². The Morgan fingerprint density at radius 2 is 1.73 bits per heavy atom. The Morgan fingerprint density at radius 1 is 1.15 bits per heavy atom. The van der Waals surface area contributed by atoms with Crippen molar-refractivity contribution < 1.29 is 34.8 Å². The third-order valence-electron chi connectivity index (χ3n) is 2.81. The van der Waals surface area contributed by atoms with Crippen molar-refractivity contribution in [3.8, 4) is 5.75 Å². The SMILES string of the molecule is CC(=O)Nc1ccc([As](=O)(O)O)c(O)c1.Nc1ccccc1S(=O)(=O)O. The summed E-state index contributed by atoms with van der Waals surface area (Å²) < 4.78 is 57.8. The minimum absolute atomic E-state index is 0.0509. The summed E-state index contributed by atoms with van der Waals surface area (Å²) in [6, 6.07) is 9.23. The second kappa shape index (κ2) is 8.39.